The molecule has 0 spiro atoms. The Hall–Kier alpha value is -2.04. The van der Waals surface area contributed by atoms with E-state index >= 15 is 0 Å². The van der Waals surface area contributed by atoms with E-state index in [0.717, 1.165) is 6.42 Å². The Morgan fingerprint density at radius 2 is 2.14 bits per heavy atom. The van der Waals surface area contributed by atoms with Crippen molar-refractivity contribution in [3.8, 4) is 11.5 Å². The van der Waals surface area contributed by atoms with E-state index in [-0.39, 0.29) is 30.3 Å². The second kappa shape index (κ2) is 5.99. The van der Waals surface area contributed by atoms with E-state index in [1.54, 1.807) is 19.9 Å². The van der Waals surface area contributed by atoms with Crippen LogP contribution in [0.4, 0.5) is 0 Å². The summed E-state index contributed by atoms with van der Waals surface area (Å²) in [6, 6.07) is 3.10. The van der Waals surface area contributed by atoms with Gasteiger partial charge in [-0.3, -0.25) is 9.59 Å². The van der Waals surface area contributed by atoms with Crippen LogP contribution in [0.1, 0.15) is 56.0 Å². The van der Waals surface area contributed by atoms with Crippen LogP contribution < -0.4 is 4.74 Å². The van der Waals surface area contributed by atoms with Crippen LogP contribution in [0.2, 0.25) is 0 Å². The summed E-state index contributed by atoms with van der Waals surface area (Å²) >= 11 is 0. The number of aromatic hydroxyl groups is 1. The number of carboxylic acids is 1. The number of phenols is 1. The molecule has 1 aliphatic rings. The van der Waals surface area contributed by atoms with Crippen molar-refractivity contribution in [3.05, 3.63) is 23.3 Å². The molecule has 22 heavy (non-hydrogen) atoms. The highest BCUT2D eigenvalue weighted by molar-refractivity contribution is 6.01. The minimum Gasteiger partial charge on any atom is -0.508 e. The zero-order chi connectivity index (χ0) is 16.5. The summed E-state index contributed by atoms with van der Waals surface area (Å²) in [5.41, 5.74) is 0.224. The summed E-state index contributed by atoms with van der Waals surface area (Å²) in [4.78, 5) is 23.4. The minimum atomic E-state index is -0.916. The van der Waals surface area contributed by atoms with Crippen LogP contribution >= 0.6 is 0 Å². The van der Waals surface area contributed by atoms with E-state index in [1.165, 1.54) is 6.07 Å². The zero-order valence-corrected chi connectivity index (χ0v) is 13.2. The Morgan fingerprint density at radius 3 is 2.73 bits per heavy atom. The first kappa shape index (κ1) is 16.3. The summed E-state index contributed by atoms with van der Waals surface area (Å²) in [6.45, 7) is 5.52. The Kier molecular flexibility index (Phi) is 4.44. The lowest BCUT2D eigenvalue weighted by atomic mass is 9.80. The van der Waals surface area contributed by atoms with Gasteiger partial charge in [0, 0.05) is 11.5 Å². The largest absolute Gasteiger partial charge is 0.508 e. The Morgan fingerprint density at radius 1 is 1.45 bits per heavy atom. The lowest BCUT2D eigenvalue weighted by Gasteiger charge is -2.40. The number of rotatable bonds is 5. The van der Waals surface area contributed by atoms with E-state index in [2.05, 4.69) is 0 Å². The van der Waals surface area contributed by atoms with Crippen molar-refractivity contribution >= 4 is 11.8 Å². The molecule has 2 unspecified atom stereocenters. The third-order valence-corrected chi connectivity index (χ3v) is 4.41. The van der Waals surface area contributed by atoms with Gasteiger partial charge in [-0.2, -0.15) is 0 Å². The third kappa shape index (κ3) is 2.93. The number of ether oxygens (including phenoxy) is 1. The van der Waals surface area contributed by atoms with E-state index in [1.807, 2.05) is 6.92 Å². The second-order valence-corrected chi connectivity index (χ2v) is 6.20. The molecule has 0 bridgehead atoms. The number of hydrogen-bond donors (Lipinski definition) is 2. The highest BCUT2D eigenvalue weighted by atomic mass is 16.5. The van der Waals surface area contributed by atoms with E-state index in [9.17, 15) is 14.7 Å². The van der Waals surface area contributed by atoms with Crippen molar-refractivity contribution in [2.24, 2.45) is 5.92 Å². The second-order valence-electron chi connectivity index (χ2n) is 6.20. The maximum absolute atomic E-state index is 12.5. The highest BCUT2D eigenvalue weighted by Crippen LogP contribution is 2.43. The lowest BCUT2D eigenvalue weighted by Crippen LogP contribution is -2.45. The number of fused-ring (bicyclic) bond motifs is 1. The topological polar surface area (TPSA) is 83.8 Å². The molecule has 5 nitrogen and oxygen atoms in total. The molecular weight excluding hydrogens is 284 g/mol. The minimum absolute atomic E-state index is 0.0684. The molecule has 0 fully saturated rings. The number of carbonyl (C=O) groups excluding carboxylic acids is 1. The molecule has 2 rings (SSSR count). The molecule has 0 saturated heterocycles. The quantitative estimate of drug-likeness (QED) is 0.873. The van der Waals surface area contributed by atoms with Gasteiger partial charge in [-0.05, 0) is 25.5 Å². The Bertz CT molecular complexity index is 607. The maximum Gasteiger partial charge on any atom is 0.303 e. The van der Waals surface area contributed by atoms with Crippen molar-refractivity contribution in [3.63, 3.8) is 0 Å². The first-order valence-corrected chi connectivity index (χ1v) is 7.57. The van der Waals surface area contributed by atoms with Crippen LogP contribution in [0.15, 0.2) is 12.1 Å². The highest BCUT2D eigenvalue weighted by Gasteiger charge is 2.42. The number of Topliss-reactive ketones (excluding diaryl/α,β-unsaturated/α-hetero) is 1. The van der Waals surface area contributed by atoms with Crippen LogP contribution in [0, 0.1) is 5.92 Å². The summed E-state index contributed by atoms with van der Waals surface area (Å²) in [5.74, 6) is -0.779. The first-order valence-electron chi connectivity index (χ1n) is 7.57. The third-order valence-electron chi connectivity index (χ3n) is 4.41. The lowest BCUT2D eigenvalue weighted by molar-refractivity contribution is -0.140. The number of hydrogen-bond acceptors (Lipinski definition) is 4. The van der Waals surface area contributed by atoms with Gasteiger partial charge >= 0.3 is 5.97 Å². The van der Waals surface area contributed by atoms with Gasteiger partial charge in [-0.1, -0.05) is 20.3 Å². The molecule has 0 aromatic heterocycles. The fourth-order valence-electron chi connectivity index (χ4n) is 2.88. The number of aliphatic carboxylic acids is 1. The van der Waals surface area contributed by atoms with Crippen molar-refractivity contribution in [1.82, 2.24) is 0 Å². The van der Waals surface area contributed by atoms with Gasteiger partial charge in [0.05, 0.1) is 18.4 Å². The first-order chi connectivity index (χ1) is 10.3. The predicted octanol–water partition coefficient (Wildman–Crippen LogP) is 3.18. The van der Waals surface area contributed by atoms with Gasteiger partial charge in [0.1, 0.15) is 17.1 Å². The van der Waals surface area contributed by atoms with Crippen LogP contribution in [-0.4, -0.2) is 27.6 Å². The monoisotopic (exact) mass is 306 g/mol. The number of ketones is 1. The van der Waals surface area contributed by atoms with Crippen LogP contribution in [-0.2, 0) is 11.2 Å². The molecule has 1 aromatic carbocycles. The van der Waals surface area contributed by atoms with Crippen molar-refractivity contribution in [1.29, 1.82) is 0 Å². The van der Waals surface area contributed by atoms with Gasteiger partial charge in [-0.25, -0.2) is 0 Å². The molecule has 5 heteroatoms. The van der Waals surface area contributed by atoms with Gasteiger partial charge in [0.15, 0.2) is 5.78 Å². The molecule has 120 valence electrons. The SMILES string of the molecule is CCCc1c(O)ccc2c1OC(C)(C(C)CC(=O)O)CC2=O. The molecule has 1 aliphatic heterocycles. The summed E-state index contributed by atoms with van der Waals surface area (Å²) in [6.07, 6.45) is 1.49. The summed E-state index contributed by atoms with van der Waals surface area (Å²) < 4.78 is 6.07. The standard InChI is InChI=1S/C17H22O5/c1-4-5-11-13(18)7-6-12-14(19)9-17(3,22-16(11)12)10(2)8-15(20)21/h6-7,10,18H,4-5,8-9H2,1-3H3,(H,20,21). The van der Waals surface area contributed by atoms with Gasteiger partial charge in [0.2, 0.25) is 0 Å². The van der Waals surface area contributed by atoms with E-state index in [4.69, 9.17) is 9.84 Å². The van der Waals surface area contributed by atoms with Gasteiger partial charge < -0.3 is 14.9 Å². The van der Waals surface area contributed by atoms with Crippen LogP contribution in [0.3, 0.4) is 0 Å². The van der Waals surface area contributed by atoms with Crippen LogP contribution in [0.25, 0.3) is 0 Å². The maximum atomic E-state index is 12.5. The molecule has 0 radical (unpaired) electrons. The normalized spacial score (nSPS) is 21.9. The van der Waals surface area contributed by atoms with Gasteiger partial charge in [-0.15, -0.1) is 0 Å². The average molecular weight is 306 g/mol. The molecule has 0 saturated carbocycles. The Balaban J connectivity index is 2.45. The average Bonchev–Trinajstić information content (AvgIpc) is 2.41. The van der Waals surface area contributed by atoms with Crippen molar-refractivity contribution in [2.45, 2.75) is 52.1 Å². The molecular formula is C17H22O5. The fourth-order valence-corrected chi connectivity index (χ4v) is 2.88. The molecule has 2 N–H and O–H groups in total. The molecule has 1 heterocycles. The van der Waals surface area contributed by atoms with E-state index in [0.29, 0.717) is 23.3 Å². The fraction of sp³-hybridized carbons (Fsp3) is 0.529. The van der Waals surface area contributed by atoms with Crippen LogP contribution in [0.5, 0.6) is 11.5 Å². The number of carbonyl (C=O) groups is 2. The van der Waals surface area contributed by atoms with Crippen molar-refractivity contribution in [2.75, 3.05) is 0 Å². The molecule has 0 aliphatic carbocycles. The predicted molar refractivity (Wildman–Crippen MR) is 81.5 cm³/mol. The number of benzene rings is 1. The number of carboxylic acid groups (broad SMARTS) is 1. The summed E-state index contributed by atoms with van der Waals surface area (Å²) in [7, 11) is 0. The number of phenolic OH excluding ortho intramolecular Hbond substituents is 1. The van der Waals surface area contributed by atoms with Crippen molar-refractivity contribution < 1.29 is 24.5 Å². The summed E-state index contributed by atoms with van der Waals surface area (Å²) in [5, 5.41) is 19.0. The molecule has 2 atom stereocenters. The van der Waals surface area contributed by atoms with E-state index < -0.39 is 11.6 Å². The zero-order valence-electron chi connectivity index (χ0n) is 13.2. The van der Waals surface area contributed by atoms with Gasteiger partial charge in [0.25, 0.3) is 0 Å². The smallest absolute Gasteiger partial charge is 0.303 e. The molecule has 0 amide bonds. The molecule has 1 aromatic rings. The Labute approximate surface area is 129 Å².